The van der Waals surface area contributed by atoms with Crippen molar-refractivity contribution in [2.45, 2.75) is 27.1 Å². The summed E-state index contributed by atoms with van der Waals surface area (Å²) in [6.45, 7) is 3.57. The molecule has 0 bridgehead atoms. The Morgan fingerprint density at radius 1 is 0.882 bits per heavy atom. The number of rotatable bonds is 7. The Bertz CT molecular complexity index is 274. The molecule has 0 aromatic heterocycles. The smallest absolute Gasteiger partial charge is 0.305 e. The summed E-state index contributed by atoms with van der Waals surface area (Å²) in [5.74, 6) is -1.50. The van der Waals surface area contributed by atoms with Gasteiger partial charge in [-0.25, -0.2) is 0 Å². The zero-order chi connectivity index (χ0) is 13.3. The topological polar surface area (TPSA) is 88.1 Å². The van der Waals surface area contributed by atoms with Crippen LogP contribution in [0.25, 0.3) is 0 Å². The van der Waals surface area contributed by atoms with Gasteiger partial charge >= 0.3 is 17.9 Å². The third-order valence-electron chi connectivity index (χ3n) is 1.41. The number of hydrogen-bond acceptors (Lipinski definition) is 7. The van der Waals surface area contributed by atoms with Gasteiger partial charge in [0, 0.05) is 20.8 Å². The maximum Gasteiger partial charge on any atom is 0.305 e. The minimum absolute atomic E-state index is 0.0349. The standard InChI is InChI=1S/C10H16O7/c1-7(11)14-4-5-15-10(17-9(3)13)6-16-8(2)12/h10H,4-6H2,1-3H3. The molecule has 0 fully saturated rings. The van der Waals surface area contributed by atoms with E-state index in [0.29, 0.717) is 0 Å². The van der Waals surface area contributed by atoms with Crippen LogP contribution in [0.1, 0.15) is 20.8 Å². The Morgan fingerprint density at radius 2 is 1.47 bits per heavy atom. The SMILES string of the molecule is CC(=O)OCCOC(COC(C)=O)OC(C)=O. The van der Waals surface area contributed by atoms with Crippen LogP contribution in [0.2, 0.25) is 0 Å². The van der Waals surface area contributed by atoms with Crippen LogP contribution in [0.4, 0.5) is 0 Å². The summed E-state index contributed by atoms with van der Waals surface area (Å²) in [6.07, 6.45) is -0.994. The molecule has 0 N–H and O–H groups in total. The van der Waals surface area contributed by atoms with Gasteiger partial charge in [0.25, 0.3) is 0 Å². The molecule has 0 saturated heterocycles. The van der Waals surface area contributed by atoms with E-state index in [0.717, 1.165) is 0 Å². The molecule has 0 saturated carbocycles. The summed E-state index contributed by atoms with van der Waals surface area (Å²) < 4.78 is 19.0. The first-order chi connectivity index (χ1) is 7.91. The summed E-state index contributed by atoms with van der Waals surface area (Å²) in [7, 11) is 0. The molecule has 0 aliphatic carbocycles. The Kier molecular flexibility index (Phi) is 7.70. The van der Waals surface area contributed by atoms with Gasteiger partial charge in [-0.2, -0.15) is 0 Å². The van der Waals surface area contributed by atoms with Crippen LogP contribution >= 0.6 is 0 Å². The van der Waals surface area contributed by atoms with Gasteiger partial charge < -0.3 is 18.9 Å². The quantitative estimate of drug-likeness (QED) is 0.271. The Balaban J connectivity index is 3.88. The fourth-order valence-corrected chi connectivity index (χ4v) is 0.852. The van der Waals surface area contributed by atoms with Crippen molar-refractivity contribution < 1.29 is 33.3 Å². The lowest BCUT2D eigenvalue weighted by molar-refractivity contribution is -0.195. The third kappa shape index (κ3) is 10.6. The molecule has 17 heavy (non-hydrogen) atoms. The molecule has 0 spiro atoms. The lowest BCUT2D eigenvalue weighted by atomic mass is 10.6. The van der Waals surface area contributed by atoms with E-state index in [2.05, 4.69) is 9.47 Å². The number of esters is 3. The second-order valence-corrected chi connectivity index (χ2v) is 3.05. The average molecular weight is 248 g/mol. The lowest BCUT2D eigenvalue weighted by Crippen LogP contribution is -2.28. The maximum absolute atomic E-state index is 10.7. The monoisotopic (exact) mass is 248 g/mol. The molecule has 0 heterocycles. The van der Waals surface area contributed by atoms with E-state index < -0.39 is 24.2 Å². The summed E-state index contributed by atoms with van der Waals surface area (Å²) in [4.78, 5) is 31.7. The number of carbonyl (C=O) groups excluding carboxylic acids is 3. The molecule has 7 heteroatoms. The number of carbonyl (C=O) groups is 3. The van der Waals surface area contributed by atoms with Gasteiger partial charge in [-0.15, -0.1) is 0 Å². The normalized spacial score (nSPS) is 11.5. The molecule has 0 amide bonds. The molecule has 0 aliphatic rings. The van der Waals surface area contributed by atoms with Crippen molar-refractivity contribution in [3.63, 3.8) is 0 Å². The average Bonchev–Trinajstić information content (AvgIpc) is 2.19. The van der Waals surface area contributed by atoms with Gasteiger partial charge in [0.05, 0.1) is 6.61 Å². The zero-order valence-corrected chi connectivity index (χ0v) is 10.1. The van der Waals surface area contributed by atoms with Gasteiger partial charge in [0.2, 0.25) is 6.29 Å². The summed E-state index contributed by atoms with van der Waals surface area (Å²) >= 11 is 0. The highest BCUT2D eigenvalue weighted by Gasteiger charge is 2.14. The number of hydrogen-bond donors (Lipinski definition) is 0. The van der Waals surface area contributed by atoms with E-state index in [1.165, 1.54) is 20.8 Å². The van der Waals surface area contributed by atoms with Crippen molar-refractivity contribution in [3.05, 3.63) is 0 Å². The van der Waals surface area contributed by atoms with E-state index >= 15 is 0 Å². The minimum atomic E-state index is -0.994. The molecular weight excluding hydrogens is 232 g/mol. The van der Waals surface area contributed by atoms with Crippen molar-refractivity contribution >= 4 is 17.9 Å². The molecule has 98 valence electrons. The van der Waals surface area contributed by atoms with E-state index in [1.807, 2.05) is 0 Å². The minimum Gasteiger partial charge on any atom is -0.463 e. The Hall–Kier alpha value is -1.63. The number of ether oxygens (including phenoxy) is 4. The van der Waals surface area contributed by atoms with Gasteiger partial charge in [-0.05, 0) is 0 Å². The van der Waals surface area contributed by atoms with Gasteiger partial charge in [0.1, 0.15) is 6.61 Å². The van der Waals surface area contributed by atoms with Gasteiger partial charge in [0.15, 0.2) is 6.61 Å². The molecule has 1 atom stereocenters. The van der Waals surface area contributed by atoms with Crippen molar-refractivity contribution in [1.82, 2.24) is 0 Å². The summed E-state index contributed by atoms with van der Waals surface area (Å²) in [5, 5.41) is 0. The molecule has 0 aliphatic heterocycles. The zero-order valence-electron chi connectivity index (χ0n) is 10.1. The van der Waals surface area contributed by atoms with Crippen LogP contribution in [0.3, 0.4) is 0 Å². The maximum atomic E-state index is 10.7. The molecule has 0 aromatic carbocycles. The molecule has 7 nitrogen and oxygen atoms in total. The molecule has 0 rings (SSSR count). The highest BCUT2D eigenvalue weighted by molar-refractivity contribution is 5.67. The highest BCUT2D eigenvalue weighted by atomic mass is 16.7. The first-order valence-corrected chi connectivity index (χ1v) is 4.97. The molecule has 1 unspecified atom stereocenters. The second kappa shape index (κ2) is 8.51. The predicted octanol–water partition coefficient (Wildman–Crippen LogP) is 0.0184. The fourth-order valence-electron chi connectivity index (χ4n) is 0.852. The highest BCUT2D eigenvalue weighted by Crippen LogP contribution is 1.98. The van der Waals surface area contributed by atoms with E-state index in [-0.39, 0.29) is 19.8 Å². The molecule has 0 aromatic rings. The van der Waals surface area contributed by atoms with Crippen molar-refractivity contribution in [3.8, 4) is 0 Å². The Morgan fingerprint density at radius 3 is 1.94 bits per heavy atom. The van der Waals surface area contributed by atoms with Crippen LogP contribution in [-0.4, -0.2) is 44.0 Å². The van der Waals surface area contributed by atoms with Crippen LogP contribution in [0, 0.1) is 0 Å². The van der Waals surface area contributed by atoms with E-state index in [1.54, 1.807) is 0 Å². The molecular formula is C10H16O7. The first kappa shape index (κ1) is 15.4. The van der Waals surface area contributed by atoms with Crippen LogP contribution in [0.5, 0.6) is 0 Å². The fraction of sp³-hybridized carbons (Fsp3) is 0.700. The van der Waals surface area contributed by atoms with Crippen LogP contribution < -0.4 is 0 Å². The third-order valence-corrected chi connectivity index (χ3v) is 1.41. The predicted molar refractivity (Wildman–Crippen MR) is 54.8 cm³/mol. The summed E-state index contributed by atoms with van der Waals surface area (Å²) in [5.41, 5.74) is 0. The van der Waals surface area contributed by atoms with E-state index in [4.69, 9.17) is 9.47 Å². The van der Waals surface area contributed by atoms with Crippen LogP contribution in [-0.2, 0) is 33.3 Å². The van der Waals surface area contributed by atoms with Crippen molar-refractivity contribution in [2.24, 2.45) is 0 Å². The van der Waals surface area contributed by atoms with Crippen molar-refractivity contribution in [2.75, 3.05) is 19.8 Å². The Labute approximate surface area is 99.0 Å². The van der Waals surface area contributed by atoms with Crippen molar-refractivity contribution in [1.29, 1.82) is 0 Å². The summed E-state index contributed by atoms with van der Waals surface area (Å²) in [6, 6.07) is 0. The van der Waals surface area contributed by atoms with E-state index in [9.17, 15) is 14.4 Å². The van der Waals surface area contributed by atoms with Crippen LogP contribution in [0.15, 0.2) is 0 Å². The largest absolute Gasteiger partial charge is 0.463 e. The van der Waals surface area contributed by atoms with Gasteiger partial charge in [-0.1, -0.05) is 0 Å². The molecule has 0 radical (unpaired) electrons. The van der Waals surface area contributed by atoms with Gasteiger partial charge in [-0.3, -0.25) is 14.4 Å². The lowest BCUT2D eigenvalue weighted by Gasteiger charge is -2.16. The first-order valence-electron chi connectivity index (χ1n) is 4.97. The second-order valence-electron chi connectivity index (χ2n) is 3.05.